The van der Waals surface area contributed by atoms with E-state index < -0.39 is 0 Å². The first-order chi connectivity index (χ1) is 21.3. The Morgan fingerprint density at radius 3 is 1.79 bits per heavy atom. The third-order valence-electron chi connectivity index (χ3n) is 7.42. The summed E-state index contributed by atoms with van der Waals surface area (Å²) in [7, 11) is 0. The second-order valence-electron chi connectivity index (χ2n) is 10.1. The summed E-state index contributed by atoms with van der Waals surface area (Å²) in [5, 5.41) is 2.25. The van der Waals surface area contributed by atoms with Gasteiger partial charge >= 0.3 is 0 Å². The molecule has 0 spiro atoms. The fourth-order valence-corrected chi connectivity index (χ4v) is 5.43. The number of rotatable bonds is 5. The molecule has 0 saturated heterocycles. The smallest absolute Gasteiger partial charge is 0.182 e. The maximum absolute atomic E-state index is 4.84. The van der Waals surface area contributed by atoms with Crippen LogP contribution in [0, 0.1) is 0 Å². The Hall–Kier alpha value is -6.08. The fourth-order valence-electron chi connectivity index (χ4n) is 5.43. The van der Waals surface area contributed by atoms with Crippen molar-refractivity contribution in [3.8, 4) is 51.2 Å². The van der Waals surface area contributed by atoms with E-state index in [0.717, 1.165) is 44.3 Å². The second kappa shape index (κ2) is 10.4. The molecule has 0 aliphatic rings. The van der Waals surface area contributed by atoms with E-state index in [1.165, 1.54) is 0 Å². The molecule has 0 unspecified atom stereocenters. The lowest BCUT2D eigenvalue weighted by molar-refractivity contribution is 1.05. The summed E-state index contributed by atoms with van der Waals surface area (Å²) in [5.74, 6) is 1.56. The minimum absolute atomic E-state index is 0.499. The quantitative estimate of drug-likeness (QED) is 0.216. The molecule has 43 heavy (non-hydrogen) atoms. The predicted octanol–water partition coefficient (Wildman–Crippen LogP) is 7.82. The van der Waals surface area contributed by atoms with Crippen LogP contribution < -0.4 is 0 Å². The largest absolute Gasteiger partial charge is 0.294 e. The molecule has 0 atom stereocenters. The third-order valence-corrected chi connectivity index (χ3v) is 7.42. The number of aromatic nitrogens is 7. The minimum Gasteiger partial charge on any atom is -0.294 e. The first-order valence-electron chi connectivity index (χ1n) is 14.0. The molecule has 0 amide bonds. The van der Waals surface area contributed by atoms with Gasteiger partial charge in [0, 0.05) is 40.6 Å². The molecule has 5 aromatic heterocycles. The monoisotopic (exact) mass is 553 g/mol. The van der Waals surface area contributed by atoms with Crippen LogP contribution in [0.15, 0.2) is 140 Å². The molecule has 7 heteroatoms. The van der Waals surface area contributed by atoms with Crippen LogP contribution in [0.1, 0.15) is 0 Å². The SMILES string of the molecule is c1ccc(-n2c3ccc(-c4cccc(-c5nc(-c6ccccn6)nc(-c6ccccn6)n5)c4)cc3c3cccnc32)cc1. The molecule has 0 radical (unpaired) electrons. The van der Waals surface area contributed by atoms with Gasteiger partial charge in [0.15, 0.2) is 17.5 Å². The van der Waals surface area contributed by atoms with Crippen molar-refractivity contribution in [3.63, 3.8) is 0 Å². The first-order valence-corrected chi connectivity index (χ1v) is 14.0. The molecule has 3 aromatic carbocycles. The molecule has 0 N–H and O–H groups in total. The van der Waals surface area contributed by atoms with E-state index in [0.29, 0.717) is 28.9 Å². The highest BCUT2D eigenvalue weighted by Gasteiger charge is 2.16. The van der Waals surface area contributed by atoms with Crippen molar-refractivity contribution in [1.29, 1.82) is 0 Å². The molecule has 0 aliphatic carbocycles. The number of nitrogens with zero attached hydrogens (tertiary/aromatic N) is 7. The van der Waals surface area contributed by atoms with Crippen molar-refractivity contribution < 1.29 is 0 Å². The van der Waals surface area contributed by atoms with Crippen molar-refractivity contribution in [1.82, 2.24) is 34.5 Å². The molecule has 8 rings (SSSR count). The summed E-state index contributed by atoms with van der Waals surface area (Å²) in [6.07, 6.45) is 5.32. The van der Waals surface area contributed by atoms with E-state index >= 15 is 0 Å². The lowest BCUT2D eigenvalue weighted by Crippen LogP contribution is -2.01. The van der Waals surface area contributed by atoms with Crippen molar-refractivity contribution in [2.45, 2.75) is 0 Å². The standard InChI is InChI=1S/C36H23N7/c1-2-12-27(13-3-1)43-32-18-17-25(23-29(32)28-14-9-21-39-36(28)43)24-10-8-11-26(22-24)33-40-34(30-15-4-6-19-37-30)42-35(41-33)31-16-5-7-20-38-31/h1-23H. The van der Waals surface area contributed by atoms with E-state index in [1.807, 2.05) is 66.9 Å². The van der Waals surface area contributed by atoms with Gasteiger partial charge < -0.3 is 0 Å². The molecule has 202 valence electrons. The lowest BCUT2D eigenvalue weighted by Gasteiger charge is -2.09. The van der Waals surface area contributed by atoms with Gasteiger partial charge in [-0.05, 0) is 77.9 Å². The number of hydrogen-bond acceptors (Lipinski definition) is 6. The van der Waals surface area contributed by atoms with E-state index in [1.54, 1.807) is 12.4 Å². The molecular formula is C36H23N7. The van der Waals surface area contributed by atoms with Gasteiger partial charge in [-0.1, -0.05) is 54.6 Å². The lowest BCUT2D eigenvalue weighted by atomic mass is 10.0. The van der Waals surface area contributed by atoms with E-state index in [-0.39, 0.29) is 0 Å². The summed E-state index contributed by atoms with van der Waals surface area (Å²) in [6.45, 7) is 0. The van der Waals surface area contributed by atoms with Crippen LogP contribution in [0.2, 0.25) is 0 Å². The maximum Gasteiger partial charge on any atom is 0.182 e. The van der Waals surface area contributed by atoms with Crippen LogP contribution in [0.4, 0.5) is 0 Å². The molecule has 0 fully saturated rings. The highest BCUT2D eigenvalue weighted by molar-refractivity contribution is 6.09. The van der Waals surface area contributed by atoms with E-state index in [9.17, 15) is 0 Å². The Labute approximate surface area is 247 Å². The van der Waals surface area contributed by atoms with Gasteiger partial charge in [-0.15, -0.1) is 0 Å². The Kier molecular flexibility index (Phi) is 5.97. The number of para-hydroxylation sites is 1. The zero-order valence-electron chi connectivity index (χ0n) is 22.9. The Morgan fingerprint density at radius 2 is 1.07 bits per heavy atom. The summed E-state index contributed by atoms with van der Waals surface area (Å²) in [4.78, 5) is 28.1. The molecule has 7 nitrogen and oxygen atoms in total. The Balaban J connectivity index is 1.27. The second-order valence-corrected chi connectivity index (χ2v) is 10.1. The van der Waals surface area contributed by atoms with Crippen molar-refractivity contribution >= 4 is 21.9 Å². The van der Waals surface area contributed by atoms with Gasteiger partial charge in [0.1, 0.15) is 17.0 Å². The summed E-state index contributed by atoms with van der Waals surface area (Å²) >= 11 is 0. The molecule has 5 heterocycles. The highest BCUT2D eigenvalue weighted by Crippen LogP contribution is 2.35. The van der Waals surface area contributed by atoms with Gasteiger partial charge in [0.25, 0.3) is 0 Å². The van der Waals surface area contributed by atoms with Crippen LogP contribution in [-0.4, -0.2) is 34.5 Å². The molecule has 8 aromatic rings. The predicted molar refractivity (Wildman–Crippen MR) is 169 cm³/mol. The van der Waals surface area contributed by atoms with Gasteiger partial charge in [-0.25, -0.2) is 19.9 Å². The van der Waals surface area contributed by atoms with Crippen LogP contribution in [0.3, 0.4) is 0 Å². The first kappa shape index (κ1) is 24.7. The molecule has 0 bridgehead atoms. The van der Waals surface area contributed by atoms with Crippen molar-refractivity contribution in [2.24, 2.45) is 0 Å². The average Bonchev–Trinajstić information content (AvgIpc) is 3.43. The zero-order chi connectivity index (χ0) is 28.6. The van der Waals surface area contributed by atoms with Gasteiger partial charge in [0.2, 0.25) is 0 Å². The maximum atomic E-state index is 4.84. The van der Waals surface area contributed by atoms with Gasteiger partial charge in [-0.2, -0.15) is 0 Å². The fraction of sp³-hybridized carbons (Fsp3) is 0. The van der Waals surface area contributed by atoms with E-state index in [4.69, 9.17) is 19.9 Å². The van der Waals surface area contributed by atoms with Crippen LogP contribution in [-0.2, 0) is 0 Å². The average molecular weight is 554 g/mol. The van der Waals surface area contributed by atoms with E-state index in [2.05, 4.69) is 75.2 Å². The normalized spacial score (nSPS) is 11.3. The zero-order valence-corrected chi connectivity index (χ0v) is 22.9. The minimum atomic E-state index is 0.499. The topological polar surface area (TPSA) is 82.3 Å². The summed E-state index contributed by atoms with van der Waals surface area (Å²) in [5.41, 5.74) is 7.50. The number of benzene rings is 3. The van der Waals surface area contributed by atoms with Crippen molar-refractivity contribution in [2.75, 3.05) is 0 Å². The molecular weight excluding hydrogens is 530 g/mol. The Bertz CT molecular complexity index is 2170. The number of pyridine rings is 3. The van der Waals surface area contributed by atoms with Crippen LogP contribution in [0.5, 0.6) is 0 Å². The highest BCUT2D eigenvalue weighted by atomic mass is 15.1. The summed E-state index contributed by atoms with van der Waals surface area (Å²) < 4.78 is 2.22. The number of hydrogen-bond donors (Lipinski definition) is 0. The summed E-state index contributed by atoms with van der Waals surface area (Å²) in [6, 6.07) is 40.7. The number of fused-ring (bicyclic) bond motifs is 3. The Morgan fingerprint density at radius 1 is 0.419 bits per heavy atom. The van der Waals surface area contributed by atoms with Crippen LogP contribution >= 0.6 is 0 Å². The molecule has 0 saturated carbocycles. The molecule has 0 aliphatic heterocycles. The van der Waals surface area contributed by atoms with Gasteiger partial charge in [-0.3, -0.25) is 14.5 Å². The van der Waals surface area contributed by atoms with Crippen LogP contribution in [0.25, 0.3) is 73.2 Å². The third kappa shape index (κ3) is 4.49. The van der Waals surface area contributed by atoms with Crippen molar-refractivity contribution in [3.05, 3.63) is 140 Å². The van der Waals surface area contributed by atoms with Gasteiger partial charge in [0.05, 0.1) is 5.52 Å².